The summed E-state index contributed by atoms with van der Waals surface area (Å²) in [5.41, 5.74) is 4.35. The van der Waals surface area contributed by atoms with E-state index >= 15 is 0 Å². The molecule has 0 aliphatic heterocycles. The van der Waals surface area contributed by atoms with Crippen LogP contribution in [-0.4, -0.2) is 20.5 Å². The molecule has 122 valence electrons. The summed E-state index contributed by atoms with van der Waals surface area (Å²) in [5.74, 6) is 0.652. The highest BCUT2D eigenvalue weighted by atomic mass is 16.4. The Balaban J connectivity index is 1.90. The van der Waals surface area contributed by atoms with Crippen LogP contribution in [0.5, 0.6) is 0 Å². The van der Waals surface area contributed by atoms with Crippen molar-refractivity contribution in [1.82, 2.24) is 9.55 Å². The Labute approximate surface area is 145 Å². The molecule has 0 saturated heterocycles. The molecule has 4 nitrogen and oxygen atoms in total. The van der Waals surface area contributed by atoms with Gasteiger partial charge in [-0.05, 0) is 17.7 Å². The van der Waals surface area contributed by atoms with E-state index in [-0.39, 0.29) is 0 Å². The number of benzene rings is 3. The van der Waals surface area contributed by atoms with Gasteiger partial charge in [0.15, 0.2) is 11.5 Å². The molecule has 0 unspecified atom stereocenters. The molecule has 4 heteroatoms. The van der Waals surface area contributed by atoms with Crippen molar-refractivity contribution in [3.05, 3.63) is 102 Å². The zero-order valence-corrected chi connectivity index (χ0v) is 13.6. The maximum absolute atomic E-state index is 9.68. The van der Waals surface area contributed by atoms with E-state index in [4.69, 9.17) is 4.98 Å². The third-order valence-corrected chi connectivity index (χ3v) is 4.20. The number of rotatable bonds is 4. The van der Waals surface area contributed by atoms with Crippen LogP contribution in [0.25, 0.3) is 11.0 Å². The summed E-state index contributed by atoms with van der Waals surface area (Å²) in [7, 11) is 0. The van der Waals surface area contributed by atoms with Crippen molar-refractivity contribution in [2.24, 2.45) is 5.16 Å². The molecule has 1 N–H and O–H groups in total. The first-order valence-electron chi connectivity index (χ1n) is 8.14. The SMILES string of the molecule is ON=C(c1ccccc1)c1nc2ccccc2n1Cc1ccccc1. The molecule has 0 saturated carbocycles. The van der Waals surface area contributed by atoms with Gasteiger partial charge in [-0.15, -0.1) is 0 Å². The Hall–Kier alpha value is -3.40. The van der Waals surface area contributed by atoms with Gasteiger partial charge in [-0.25, -0.2) is 4.98 Å². The molecule has 0 aliphatic rings. The van der Waals surface area contributed by atoms with E-state index in [1.54, 1.807) is 0 Å². The van der Waals surface area contributed by atoms with Gasteiger partial charge < -0.3 is 9.77 Å². The maximum atomic E-state index is 9.68. The van der Waals surface area contributed by atoms with Gasteiger partial charge in [0.05, 0.1) is 11.0 Å². The lowest BCUT2D eigenvalue weighted by Gasteiger charge is -2.10. The molecule has 0 fully saturated rings. The molecule has 0 atom stereocenters. The second-order valence-corrected chi connectivity index (χ2v) is 5.81. The van der Waals surface area contributed by atoms with Gasteiger partial charge in [-0.2, -0.15) is 0 Å². The first-order valence-corrected chi connectivity index (χ1v) is 8.14. The third kappa shape index (κ3) is 2.90. The van der Waals surface area contributed by atoms with Crippen LogP contribution in [0, 0.1) is 0 Å². The van der Waals surface area contributed by atoms with Gasteiger partial charge >= 0.3 is 0 Å². The van der Waals surface area contributed by atoms with E-state index in [9.17, 15) is 5.21 Å². The summed E-state index contributed by atoms with van der Waals surface area (Å²) >= 11 is 0. The fraction of sp³-hybridized carbons (Fsp3) is 0.0476. The average molecular weight is 327 g/mol. The molecule has 1 heterocycles. The van der Waals surface area contributed by atoms with E-state index in [0.29, 0.717) is 18.1 Å². The molecule has 0 aliphatic carbocycles. The van der Waals surface area contributed by atoms with Gasteiger partial charge in [0.2, 0.25) is 0 Å². The first kappa shape index (κ1) is 15.1. The van der Waals surface area contributed by atoms with Crippen LogP contribution < -0.4 is 0 Å². The van der Waals surface area contributed by atoms with Crippen LogP contribution in [0.15, 0.2) is 90.1 Å². The highest BCUT2D eigenvalue weighted by Gasteiger charge is 2.18. The van der Waals surface area contributed by atoms with Crippen LogP contribution in [0.4, 0.5) is 0 Å². The summed E-state index contributed by atoms with van der Waals surface area (Å²) < 4.78 is 2.09. The van der Waals surface area contributed by atoms with Crippen molar-refractivity contribution in [1.29, 1.82) is 0 Å². The Morgan fingerprint density at radius 2 is 1.48 bits per heavy atom. The topological polar surface area (TPSA) is 50.4 Å². The highest BCUT2D eigenvalue weighted by Crippen LogP contribution is 2.21. The number of aromatic nitrogens is 2. The minimum Gasteiger partial charge on any atom is -0.410 e. The molecule has 4 rings (SSSR count). The molecule has 0 amide bonds. The van der Waals surface area contributed by atoms with Gasteiger partial charge in [0.1, 0.15) is 0 Å². The summed E-state index contributed by atoms with van der Waals surface area (Å²) in [5, 5.41) is 13.2. The van der Waals surface area contributed by atoms with E-state index < -0.39 is 0 Å². The largest absolute Gasteiger partial charge is 0.410 e. The van der Waals surface area contributed by atoms with E-state index in [1.807, 2.05) is 72.8 Å². The quantitative estimate of drug-likeness (QED) is 0.345. The minimum absolute atomic E-state index is 0.465. The molecule has 4 aromatic rings. The Morgan fingerprint density at radius 1 is 0.840 bits per heavy atom. The molecule has 0 spiro atoms. The molecule has 1 aromatic heterocycles. The second-order valence-electron chi connectivity index (χ2n) is 5.81. The standard InChI is InChI=1S/C21H17N3O/c25-23-20(17-11-5-2-6-12-17)21-22-18-13-7-8-14-19(18)24(21)15-16-9-3-1-4-10-16/h1-14,25H,15H2. The van der Waals surface area contributed by atoms with Crippen molar-refractivity contribution in [2.45, 2.75) is 6.54 Å². The van der Waals surface area contributed by atoms with Crippen LogP contribution in [0.1, 0.15) is 17.0 Å². The Bertz CT molecular complexity index is 1020. The number of hydrogen-bond acceptors (Lipinski definition) is 3. The molecule has 25 heavy (non-hydrogen) atoms. The van der Waals surface area contributed by atoms with Crippen LogP contribution in [-0.2, 0) is 6.54 Å². The third-order valence-electron chi connectivity index (χ3n) is 4.20. The molecular formula is C21H17N3O. The minimum atomic E-state index is 0.465. The van der Waals surface area contributed by atoms with E-state index in [1.165, 1.54) is 0 Å². The predicted octanol–water partition coefficient (Wildman–Crippen LogP) is 4.31. The number of oxime groups is 1. The van der Waals surface area contributed by atoms with Gasteiger partial charge in [-0.3, -0.25) is 0 Å². The zero-order valence-electron chi connectivity index (χ0n) is 13.6. The Kier molecular flexibility index (Phi) is 4.01. The average Bonchev–Trinajstić information content (AvgIpc) is 3.03. The van der Waals surface area contributed by atoms with Gasteiger partial charge in [-0.1, -0.05) is 78.0 Å². The number of imidazole rings is 1. The fourth-order valence-electron chi connectivity index (χ4n) is 3.01. The fourth-order valence-corrected chi connectivity index (χ4v) is 3.01. The highest BCUT2D eigenvalue weighted by molar-refractivity contribution is 6.11. The Morgan fingerprint density at radius 3 is 2.20 bits per heavy atom. The lowest BCUT2D eigenvalue weighted by Crippen LogP contribution is -2.13. The second kappa shape index (κ2) is 6.61. The van der Waals surface area contributed by atoms with Crippen LogP contribution in [0.3, 0.4) is 0 Å². The summed E-state index contributed by atoms with van der Waals surface area (Å²) in [4.78, 5) is 4.73. The number of hydrogen-bond donors (Lipinski definition) is 1. The van der Waals surface area contributed by atoms with E-state index in [0.717, 1.165) is 22.2 Å². The zero-order chi connectivity index (χ0) is 17.1. The van der Waals surface area contributed by atoms with Gasteiger partial charge in [0.25, 0.3) is 0 Å². The number of para-hydroxylation sites is 2. The first-order chi connectivity index (χ1) is 12.4. The lowest BCUT2D eigenvalue weighted by atomic mass is 10.1. The molecule has 0 bridgehead atoms. The maximum Gasteiger partial charge on any atom is 0.164 e. The van der Waals surface area contributed by atoms with Crippen molar-refractivity contribution in [2.75, 3.05) is 0 Å². The van der Waals surface area contributed by atoms with Crippen molar-refractivity contribution >= 4 is 16.7 Å². The number of nitrogens with zero attached hydrogens (tertiary/aromatic N) is 3. The molecule has 0 radical (unpaired) electrons. The lowest BCUT2D eigenvalue weighted by molar-refractivity contribution is 0.319. The normalized spacial score (nSPS) is 11.8. The molecular weight excluding hydrogens is 310 g/mol. The smallest absolute Gasteiger partial charge is 0.164 e. The van der Waals surface area contributed by atoms with Crippen molar-refractivity contribution < 1.29 is 5.21 Å². The predicted molar refractivity (Wildman–Crippen MR) is 99.1 cm³/mol. The van der Waals surface area contributed by atoms with Gasteiger partial charge in [0, 0.05) is 12.1 Å². The summed E-state index contributed by atoms with van der Waals surface area (Å²) in [6, 6.07) is 27.8. The van der Waals surface area contributed by atoms with Crippen molar-refractivity contribution in [3.8, 4) is 0 Å². The van der Waals surface area contributed by atoms with Crippen LogP contribution >= 0.6 is 0 Å². The molecule has 3 aromatic carbocycles. The monoisotopic (exact) mass is 327 g/mol. The number of fused-ring (bicyclic) bond motifs is 1. The van der Waals surface area contributed by atoms with E-state index in [2.05, 4.69) is 21.9 Å². The van der Waals surface area contributed by atoms with Crippen molar-refractivity contribution in [3.63, 3.8) is 0 Å². The summed E-state index contributed by atoms with van der Waals surface area (Å²) in [6.45, 7) is 0.655. The summed E-state index contributed by atoms with van der Waals surface area (Å²) in [6.07, 6.45) is 0. The van der Waals surface area contributed by atoms with Crippen LogP contribution in [0.2, 0.25) is 0 Å².